The summed E-state index contributed by atoms with van der Waals surface area (Å²) in [7, 11) is 0. The number of alkyl halides is 1. The summed E-state index contributed by atoms with van der Waals surface area (Å²) < 4.78 is 0.920. The Morgan fingerprint density at radius 1 is 1.36 bits per heavy atom. The molecule has 2 nitrogen and oxygen atoms in total. The summed E-state index contributed by atoms with van der Waals surface area (Å²) in [6.07, 6.45) is 0. The van der Waals surface area contributed by atoms with Crippen molar-refractivity contribution in [1.29, 1.82) is 0 Å². The molecule has 1 heterocycles. The van der Waals surface area contributed by atoms with Gasteiger partial charge in [-0.15, -0.1) is 22.9 Å². The van der Waals surface area contributed by atoms with Crippen molar-refractivity contribution in [1.82, 2.24) is 0 Å². The highest BCUT2D eigenvalue weighted by Crippen LogP contribution is 2.39. The summed E-state index contributed by atoms with van der Waals surface area (Å²) in [5, 5.41) is 19.6. The first-order valence-electron chi connectivity index (χ1n) is 4.17. The lowest BCUT2D eigenvalue weighted by molar-refractivity contribution is 0.283. The van der Waals surface area contributed by atoms with Crippen molar-refractivity contribution in [2.45, 2.75) is 12.5 Å². The number of benzene rings is 1. The minimum Gasteiger partial charge on any atom is -0.506 e. The second kappa shape index (κ2) is 3.77. The van der Waals surface area contributed by atoms with E-state index in [9.17, 15) is 5.11 Å². The van der Waals surface area contributed by atoms with Crippen molar-refractivity contribution in [3.8, 4) is 5.75 Å². The summed E-state index contributed by atoms with van der Waals surface area (Å²) >= 11 is 7.12. The number of aromatic hydroxyl groups is 1. The Kier molecular flexibility index (Phi) is 2.63. The zero-order valence-electron chi connectivity index (χ0n) is 7.33. The number of halogens is 1. The fraction of sp³-hybridized carbons (Fsp3) is 0.200. The van der Waals surface area contributed by atoms with Crippen molar-refractivity contribution in [3.63, 3.8) is 0 Å². The maximum Gasteiger partial charge on any atom is 0.138 e. The maximum atomic E-state index is 9.75. The van der Waals surface area contributed by atoms with Crippen molar-refractivity contribution in [3.05, 3.63) is 28.6 Å². The molecule has 0 unspecified atom stereocenters. The van der Waals surface area contributed by atoms with Gasteiger partial charge in [-0.1, -0.05) is 12.1 Å². The van der Waals surface area contributed by atoms with Crippen LogP contribution in [0.4, 0.5) is 0 Å². The number of aliphatic hydroxyl groups is 1. The Labute approximate surface area is 90.4 Å². The van der Waals surface area contributed by atoms with E-state index >= 15 is 0 Å². The van der Waals surface area contributed by atoms with E-state index in [0.717, 1.165) is 20.5 Å². The molecule has 1 aromatic heterocycles. The molecule has 2 N–H and O–H groups in total. The van der Waals surface area contributed by atoms with Crippen LogP contribution in [0.5, 0.6) is 5.75 Å². The lowest BCUT2D eigenvalue weighted by atomic mass is 10.1. The minimum absolute atomic E-state index is 0.0149. The molecule has 0 saturated heterocycles. The quantitative estimate of drug-likeness (QED) is 0.776. The zero-order chi connectivity index (χ0) is 10.1. The van der Waals surface area contributed by atoms with Crippen LogP contribution in [0.1, 0.15) is 10.4 Å². The Morgan fingerprint density at radius 3 is 2.79 bits per heavy atom. The molecule has 1 aromatic carbocycles. The zero-order valence-corrected chi connectivity index (χ0v) is 8.90. The van der Waals surface area contributed by atoms with E-state index in [1.807, 2.05) is 18.2 Å². The minimum atomic E-state index is -0.0149. The molecule has 2 aromatic rings. The van der Waals surface area contributed by atoms with Crippen LogP contribution >= 0.6 is 22.9 Å². The Balaban J connectivity index is 2.77. The second-order valence-electron chi connectivity index (χ2n) is 2.96. The normalized spacial score (nSPS) is 11.0. The van der Waals surface area contributed by atoms with Gasteiger partial charge in [0.25, 0.3) is 0 Å². The molecule has 0 bridgehead atoms. The van der Waals surface area contributed by atoms with E-state index in [1.165, 1.54) is 11.3 Å². The van der Waals surface area contributed by atoms with Crippen LogP contribution in [0.25, 0.3) is 10.1 Å². The molecular formula is C10H9ClO2S. The Morgan fingerprint density at radius 2 is 2.14 bits per heavy atom. The van der Waals surface area contributed by atoms with E-state index in [-0.39, 0.29) is 12.4 Å². The highest BCUT2D eigenvalue weighted by molar-refractivity contribution is 7.19. The Bertz CT molecular complexity index is 464. The Hall–Kier alpha value is -0.770. The molecule has 4 heteroatoms. The first-order chi connectivity index (χ1) is 6.77. The molecule has 0 fully saturated rings. The first kappa shape index (κ1) is 9.77. The van der Waals surface area contributed by atoms with Gasteiger partial charge < -0.3 is 10.2 Å². The molecule has 0 saturated carbocycles. The van der Waals surface area contributed by atoms with Crippen molar-refractivity contribution < 1.29 is 10.2 Å². The molecule has 0 spiro atoms. The van der Waals surface area contributed by atoms with Crippen LogP contribution in [-0.4, -0.2) is 10.2 Å². The molecule has 0 aliphatic rings. The lowest BCUT2D eigenvalue weighted by Crippen LogP contribution is -1.80. The molecule has 0 aliphatic heterocycles. The SMILES string of the molecule is OCc1cccc2c(O)c(CCl)sc12. The highest BCUT2D eigenvalue weighted by Gasteiger charge is 2.12. The van der Waals surface area contributed by atoms with E-state index < -0.39 is 0 Å². The summed E-state index contributed by atoms with van der Waals surface area (Å²) in [4.78, 5) is 0.752. The number of hydrogen-bond donors (Lipinski definition) is 2. The van der Waals surface area contributed by atoms with Crippen LogP contribution in [0.3, 0.4) is 0 Å². The predicted molar refractivity (Wildman–Crippen MR) is 59.0 cm³/mol. The van der Waals surface area contributed by atoms with E-state index in [0.29, 0.717) is 5.88 Å². The van der Waals surface area contributed by atoms with Crippen LogP contribution in [0, 0.1) is 0 Å². The van der Waals surface area contributed by atoms with E-state index in [4.69, 9.17) is 16.7 Å². The van der Waals surface area contributed by atoms with E-state index in [2.05, 4.69) is 0 Å². The second-order valence-corrected chi connectivity index (χ2v) is 4.33. The average molecular weight is 229 g/mol. The standard InChI is InChI=1S/C10H9ClO2S/c11-4-8-9(13)7-3-1-2-6(5-12)10(7)14-8/h1-3,12-13H,4-5H2. The van der Waals surface area contributed by atoms with Gasteiger partial charge in [0.2, 0.25) is 0 Å². The summed E-state index contributed by atoms with van der Waals surface area (Å²) in [5.41, 5.74) is 0.833. The van der Waals surface area contributed by atoms with Crippen LogP contribution in [0.15, 0.2) is 18.2 Å². The third-order valence-corrected chi connectivity index (χ3v) is 3.83. The van der Waals surface area contributed by atoms with Gasteiger partial charge in [-0.2, -0.15) is 0 Å². The summed E-state index contributed by atoms with van der Waals surface area (Å²) in [6.45, 7) is -0.0149. The molecule has 0 atom stereocenters. The highest BCUT2D eigenvalue weighted by atomic mass is 35.5. The van der Waals surface area contributed by atoms with Gasteiger partial charge in [-0.3, -0.25) is 0 Å². The number of aliphatic hydroxyl groups excluding tert-OH is 1. The third-order valence-electron chi connectivity index (χ3n) is 2.13. The molecule has 14 heavy (non-hydrogen) atoms. The summed E-state index contributed by atoms with van der Waals surface area (Å²) in [5.74, 6) is 0.547. The topological polar surface area (TPSA) is 40.5 Å². The summed E-state index contributed by atoms with van der Waals surface area (Å²) in [6, 6.07) is 5.49. The van der Waals surface area contributed by atoms with Crippen molar-refractivity contribution >= 4 is 33.0 Å². The van der Waals surface area contributed by atoms with Crippen molar-refractivity contribution in [2.24, 2.45) is 0 Å². The molecule has 0 amide bonds. The van der Waals surface area contributed by atoms with Gasteiger partial charge in [0.15, 0.2) is 0 Å². The molecule has 0 aliphatic carbocycles. The fourth-order valence-electron chi connectivity index (χ4n) is 1.43. The molecule has 74 valence electrons. The van der Waals surface area contributed by atoms with Gasteiger partial charge in [0.1, 0.15) is 5.75 Å². The predicted octanol–water partition coefficient (Wildman–Crippen LogP) is 2.84. The lowest BCUT2D eigenvalue weighted by Gasteiger charge is -1.96. The maximum absolute atomic E-state index is 9.75. The van der Waals surface area contributed by atoms with Crippen LogP contribution < -0.4 is 0 Å². The van der Waals surface area contributed by atoms with Gasteiger partial charge in [0.05, 0.1) is 17.4 Å². The first-order valence-corrected chi connectivity index (χ1v) is 5.52. The van der Waals surface area contributed by atoms with Crippen molar-refractivity contribution in [2.75, 3.05) is 0 Å². The number of thiophene rings is 1. The average Bonchev–Trinajstić information content (AvgIpc) is 2.55. The van der Waals surface area contributed by atoms with Crippen LogP contribution in [-0.2, 0) is 12.5 Å². The molecule has 2 rings (SSSR count). The largest absolute Gasteiger partial charge is 0.506 e. The number of fused-ring (bicyclic) bond motifs is 1. The van der Waals surface area contributed by atoms with Crippen LogP contribution in [0.2, 0.25) is 0 Å². The van der Waals surface area contributed by atoms with Gasteiger partial charge >= 0.3 is 0 Å². The smallest absolute Gasteiger partial charge is 0.138 e. The fourth-order valence-corrected chi connectivity index (χ4v) is 2.76. The number of hydrogen-bond acceptors (Lipinski definition) is 3. The van der Waals surface area contributed by atoms with E-state index in [1.54, 1.807) is 0 Å². The van der Waals surface area contributed by atoms with Gasteiger partial charge in [0, 0.05) is 10.1 Å². The van der Waals surface area contributed by atoms with Gasteiger partial charge in [-0.25, -0.2) is 0 Å². The number of rotatable bonds is 2. The third kappa shape index (κ3) is 1.38. The molecule has 0 radical (unpaired) electrons. The van der Waals surface area contributed by atoms with Gasteiger partial charge in [-0.05, 0) is 11.6 Å². The monoisotopic (exact) mass is 228 g/mol. The molecular weight excluding hydrogens is 220 g/mol.